The Hall–Kier alpha value is -1.52. The van der Waals surface area contributed by atoms with E-state index < -0.39 is 11.7 Å². The van der Waals surface area contributed by atoms with Crippen LogP contribution in [0.1, 0.15) is 31.9 Å². The molecule has 0 aliphatic carbocycles. The molecular formula is C11H14F3NO. The van der Waals surface area contributed by atoms with Crippen molar-refractivity contribution >= 4 is 5.71 Å². The monoisotopic (exact) mass is 233 g/mol. The topological polar surface area (TPSA) is 32.6 Å². The molecule has 0 amide bonds. The summed E-state index contributed by atoms with van der Waals surface area (Å²) in [5, 5.41) is 11.2. The number of benzene rings is 1. The molecule has 0 unspecified atom stereocenters. The van der Waals surface area contributed by atoms with Crippen LogP contribution >= 0.6 is 0 Å². The number of rotatable bonds is 1. The quantitative estimate of drug-likeness (QED) is 0.445. The van der Waals surface area contributed by atoms with E-state index in [0.29, 0.717) is 0 Å². The van der Waals surface area contributed by atoms with Crippen LogP contribution in [0.15, 0.2) is 29.4 Å². The van der Waals surface area contributed by atoms with Crippen LogP contribution < -0.4 is 0 Å². The van der Waals surface area contributed by atoms with Crippen molar-refractivity contribution in [3.8, 4) is 0 Å². The standard InChI is InChI=1S/C9H8F3NO.C2H6/c1-6(13-14)7-3-2-4-8(5-7)9(10,11)12;1-2/h2-5,14H,1H3;1-2H3/b13-6+;. The molecule has 16 heavy (non-hydrogen) atoms. The zero-order valence-electron chi connectivity index (χ0n) is 9.34. The fourth-order valence-corrected chi connectivity index (χ4v) is 0.978. The zero-order chi connectivity index (χ0) is 12.8. The van der Waals surface area contributed by atoms with Crippen molar-refractivity contribution in [2.24, 2.45) is 5.16 Å². The largest absolute Gasteiger partial charge is 0.416 e. The van der Waals surface area contributed by atoms with Gasteiger partial charge in [-0.25, -0.2) is 0 Å². The van der Waals surface area contributed by atoms with Gasteiger partial charge in [-0.1, -0.05) is 31.1 Å². The predicted molar refractivity (Wildman–Crippen MR) is 56.8 cm³/mol. The molecule has 0 fully saturated rings. The first-order valence-electron chi connectivity index (χ1n) is 4.81. The first kappa shape index (κ1) is 14.5. The second-order valence-corrected chi connectivity index (χ2v) is 2.76. The van der Waals surface area contributed by atoms with E-state index in [1.807, 2.05) is 13.8 Å². The number of hydrogen-bond donors (Lipinski definition) is 1. The lowest BCUT2D eigenvalue weighted by Crippen LogP contribution is -2.06. The second-order valence-electron chi connectivity index (χ2n) is 2.76. The Balaban J connectivity index is 0.00000106. The Labute approximate surface area is 92.4 Å². The maximum atomic E-state index is 12.2. The summed E-state index contributed by atoms with van der Waals surface area (Å²) in [6.45, 7) is 5.43. The van der Waals surface area contributed by atoms with Crippen LogP contribution in [0.3, 0.4) is 0 Å². The van der Waals surface area contributed by atoms with Gasteiger partial charge >= 0.3 is 6.18 Å². The first-order chi connectivity index (χ1) is 7.45. The van der Waals surface area contributed by atoms with Crippen molar-refractivity contribution in [1.82, 2.24) is 0 Å². The highest BCUT2D eigenvalue weighted by atomic mass is 19.4. The van der Waals surface area contributed by atoms with Crippen LogP contribution in [-0.2, 0) is 6.18 Å². The van der Waals surface area contributed by atoms with Crippen LogP contribution in [0, 0.1) is 0 Å². The minimum absolute atomic E-state index is 0.149. The minimum atomic E-state index is -4.37. The van der Waals surface area contributed by atoms with Crippen LogP contribution in [-0.4, -0.2) is 10.9 Å². The van der Waals surface area contributed by atoms with Gasteiger partial charge in [-0.05, 0) is 24.6 Å². The van der Waals surface area contributed by atoms with Crippen LogP contribution in [0.25, 0.3) is 0 Å². The van der Waals surface area contributed by atoms with E-state index in [-0.39, 0.29) is 11.3 Å². The maximum Gasteiger partial charge on any atom is 0.416 e. The van der Waals surface area contributed by atoms with Gasteiger partial charge in [-0.15, -0.1) is 0 Å². The highest BCUT2D eigenvalue weighted by molar-refractivity contribution is 5.98. The molecule has 0 aliphatic rings. The number of hydrogen-bond acceptors (Lipinski definition) is 2. The van der Waals surface area contributed by atoms with Gasteiger partial charge in [-0.2, -0.15) is 13.2 Å². The van der Waals surface area contributed by atoms with Gasteiger partial charge in [0.15, 0.2) is 0 Å². The molecule has 0 aliphatic heterocycles. The summed E-state index contributed by atoms with van der Waals surface area (Å²) in [4.78, 5) is 0. The maximum absolute atomic E-state index is 12.2. The smallest absolute Gasteiger partial charge is 0.411 e. The summed E-state index contributed by atoms with van der Waals surface area (Å²) in [6.07, 6.45) is -4.37. The predicted octanol–water partition coefficient (Wildman–Crippen LogP) is 3.93. The molecule has 0 bridgehead atoms. The third-order valence-corrected chi connectivity index (χ3v) is 1.76. The summed E-state index contributed by atoms with van der Waals surface area (Å²) in [5.41, 5.74) is -0.351. The van der Waals surface area contributed by atoms with Crippen molar-refractivity contribution in [2.75, 3.05) is 0 Å². The van der Waals surface area contributed by atoms with Gasteiger partial charge in [0.05, 0.1) is 11.3 Å². The van der Waals surface area contributed by atoms with Gasteiger partial charge in [0.1, 0.15) is 0 Å². The molecule has 0 aromatic heterocycles. The van der Waals surface area contributed by atoms with E-state index in [2.05, 4.69) is 5.16 Å². The Morgan fingerprint density at radius 3 is 2.25 bits per heavy atom. The number of oxime groups is 1. The normalized spacial score (nSPS) is 11.8. The third-order valence-electron chi connectivity index (χ3n) is 1.76. The molecule has 5 heteroatoms. The average Bonchev–Trinajstić information content (AvgIpc) is 2.30. The highest BCUT2D eigenvalue weighted by Crippen LogP contribution is 2.29. The molecule has 0 heterocycles. The lowest BCUT2D eigenvalue weighted by molar-refractivity contribution is -0.137. The van der Waals surface area contributed by atoms with Crippen molar-refractivity contribution in [1.29, 1.82) is 0 Å². The van der Waals surface area contributed by atoms with Crippen molar-refractivity contribution in [3.05, 3.63) is 35.4 Å². The molecule has 0 saturated heterocycles. The Morgan fingerprint density at radius 1 is 1.25 bits per heavy atom. The summed E-state index contributed by atoms with van der Waals surface area (Å²) in [7, 11) is 0. The first-order valence-corrected chi connectivity index (χ1v) is 4.81. The summed E-state index contributed by atoms with van der Waals surface area (Å²) < 4.78 is 36.7. The van der Waals surface area contributed by atoms with Crippen LogP contribution in [0.5, 0.6) is 0 Å². The minimum Gasteiger partial charge on any atom is -0.411 e. The van der Waals surface area contributed by atoms with Crippen molar-refractivity contribution < 1.29 is 18.4 Å². The lowest BCUT2D eigenvalue weighted by atomic mass is 10.1. The van der Waals surface area contributed by atoms with Crippen LogP contribution in [0.2, 0.25) is 0 Å². The third kappa shape index (κ3) is 3.92. The van der Waals surface area contributed by atoms with Crippen LogP contribution in [0.4, 0.5) is 13.2 Å². The average molecular weight is 233 g/mol. The summed E-state index contributed by atoms with van der Waals surface area (Å²) in [5.74, 6) is 0. The van der Waals surface area contributed by atoms with Crippen molar-refractivity contribution in [2.45, 2.75) is 26.9 Å². The molecule has 0 spiro atoms. The fraction of sp³-hybridized carbons (Fsp3) is 0.364. The van der Waals surface area contributed by atoms with Gasteiger partial charge < -0.3 is 5.21 Å². The number of nitrogens with zero attached hydrogens (tertiary/aromatic N) is 1. The highest BCUT2D eigenvalue weighted by Gasteiger charge is 2.30. The van der Waals surface area contributed by atoms with E-state index in [0.717, 1.165) is 12.1 Å². The molecule has 0 radical (unpaired) electrons. The molecule has 1 aromatic rings. The molecule has 0 atom stereocenters. The van der Waals surface area contributed by atoms with E-state index in [4.69, 9.17) is 5.21 Å². The Kier molecular flexibility index (Phi) is 5.56. The molecule has 1 aromatic carbocycles. The second kappa shape index (κ2) is 6.15. The van der Waals surface area contributed by atoms with Gasteiger partial charge in [0.2, 0.25) is 0 Å². The molecule has 0 saturated carbocycles. The lowest BCUT2D eigenvalue weighted by Gasteiger charge is -2.07. The van der Waals surface area contributed by atoms with E-state index in [9.17, 15) is 13.2 Å². The van der Waals surface area contributed by atoms with E-state index in [1.165, 1.54) is 19.1 Å². The fourth-order valence-electron chi connectivity index (χ4n) is 0.978. The van der Waals surface area contributed by atoms with E-state index >= 15 is 0 Å². The zero-order valence-corrected chi connectivity index (χ0v) is 9.34. The molecule has 1 rings (SSSR count). The molecule has 90 valence electrons. The molecule has 1 N–H and O–H groups in total. The summed E-state index contributed by atoms with van der Waals surface area (Å²) >= 11 is 0. The molecular weight excluding hydrogens is 219 g/mol. The van der Waals surface area contributed by atoms with Gasteiger partial charge in [0.25, 0.3) is 0 Å². The van der Waals surface area contributed by atoms with Gasteiger partial charge in [0, 0.05) is 0 Å². The number of halogens is 3. The van der Waals surface area contributed by atoms with Crippen molar-refractivity contribution in [3.63, 3.8) is 0 Å². The number of alkyl halides is 3. The summed E-state index contributed by atoms with van der Waals surface area (Å²) in [6, 6.07) is 4.63. The molecule has 2 nitrogen and oxygen atoms in total. The van der Waals surface area contributed by atoms with E-state index in [1.54, 1.807) is 0 Å². The van der Waals surface area contributed by atoms with Gasteiger partial charge in [-0.3, -0.25) is 0 Å². The Morgan fingerprint density at radius 2 is 1.81 bits per heavy atom. The Bertz CT molecular complexity index is 358. The SMILES string of the molecule is C/C(=N\O)c1cccc(C(F)(F)F)c1.CC.